The summed E-state index contributed by atoms with van der Waals surface area (Å²) in [6.45, 7) is -0.246. The Morgan fingerprint density at radius 3 is 2.79 bits per heavy atom. The third-order valence-electron chi connectivity index (χ3n) is 3.60. The molecule has 0 aliphatic carbocycles. The van der Waals surface area contributed by atoms with Crippen LogP contribution in [0.4, 0.5) is 5.69 Å². The van der Waals surface area contributed by atoms with E-state index in [-0.39, 0.29) is 12.3 Å². The van der Waals surface area contributed by atoms with Gasteiger partial charge in [-0.3, -0.25) is 14.9 Å². The van der Waals surface area contributed by atoms with Crippen LogP contribution in [0.15, 0.2) is 64.1 Å². The molecule has 1 heterocycles. The van der Waals surface area contributed by atoms with Gasteiger partial charge in [0.25, 0.3) is 11.6 Å². The number of hydrazone groups is 1. The molecule has 8 nitrogen and oxygen atoms in total. The Hall–Kier alpha value is -3.36. The van der Waals surface area contributed by atoms with Crippen LogP contribution in [0.5, 0.6) is 5.75 Å². The zero-order chi connectivity index (χ0) is 20.8. The van der Waals surface area contributed by atoms with Gasteiger partial charge in [-0.25, -0.2) is 5.43 Å². The van der Waals surface area contributed by atoms with Gasteiger partial charge in [-0.15, -0.1) is 0 Å². The number of hydrogen-bond donors (Lipinski definition) is 1. The number of nitro groups is 1. The van der Waals surface area contributed by atoms with Crippen molar-refractivity contribution in [3.05, 3.63) is 80.5 Å². The van der Waals surface area contributed by atoms with Gasteiger partial charge in [0.05, 0.1) is 16.2 Å². The summed E-state index contributed by atoms with van der Waals surface area (Å²) in [5.74, 6) is 0.630. The largest absolute Gasteiger partial charge is 0.484 e. The number of ether oxygens (including phenoxy) is 1. The lowest BCUT2D eigenvalue weighted by Crippen LogP contribution is -2.24. The standard InChI is InChI=1S/C19H13Cl2N3O5/c20-12-2-1-3-14(8-12)28-11-19(25)23-22-10-15-5-7-18(29-15)16-9-13(24(26)27)4-6-17(16)21/h1-10H,11H2,(H,23,25)/b22-10-. The Bertz CT molecular complexity index is 1080. The summed E-state index contributed by atoms with van der Waals surface area (Å²) in [4.78, 5) is 22.2. The van der Waals surface area contributed by atoms with Crippen molar-refractivity contribution in [3.63, 3.8) is 0 Å². The Kier molecular flexibility index (Phi) is 6.48. The number of non-ortho nitro benzene ring substituents is 1. The maximum absolute atomic E-state index is 11.8. The molecular formula is C19H13Cl2N3O5. The van der Waals surface area contributed by atoms with Crippen molar-refractivity contribution in [2.24, 2.45) is 5.10 Å². The Balaban J connectivity index is 1.58. The molecule has 1 aromatic heterocycles. The Labute approximate surface area is 174 Å². The molecule has 0 fully saturated rings. The van der Waals surface area contributed by atoms with E-state index in [2.05, 4.69) is 10.5 Å². The van der Waals surface area contributed by atoms with Gasteiger partial charge < -0.3 is 9.15 Å². The van der Waals surface area contributed by atoms with Crippen LogP contribution in [0.1, 0.15) is 5.76 Å². The average Bonchev–Trinajstić information content (AvgIpc) is 3.15. The van der Waals surface area contributed by atoms with Crippen LogP contribution in [0.25, 0.3) is 11.3 Å². The van der Waals surface area contributed by atoms with Gasteiger partial charge in [0.1, 0.15) is 17.3 Å². The van der Waals surface area contributed by atoms with Gasteiger partial charge >= 0.3 is 0 Å². The fourth-order valence-electron chi connectivity index (χ4n) is 2.29. The second kappa shape index (κ2) is 9.22. The highest BCUT2D eigenvalue weighted by atomic mass is 35.5. The smallest absolute Gasteiger partial charge is 0.277 e. The van der Waals surface area contributed by atoms with E-state index in [9.17, 15) is 14.9 Å². The van der Waals surface area contributed by atoms with E-state index in [1.807, 2.05) is 0 Å². The first kappa shape index (κ1) is 20.4. The zero-order valence-corrected chi connectivity index (χ0v) is 16.2. The highest BCUT2D eigenvalue weighted by Gasteiger charge is 2.14. The Morgan fingerprint density at radius 1 is 1.21 bits per heavy atom. The lowest BCUT2D eigenvalue weighted by atomic mass is 10.1. The summed E-state index contributed by atoms with van der Waals surface area (Å²) >= 11 is 11.9. The second-order valence-electron chi connectivity index (χ2n) is 5.66. The van der Waals surface area contributed by atoms with Gasteiger partial charge in [-0.05, 0) is 36.4 Å². The molecule has 3 aromatic rings. The molecule has 148 valence electrons. The summed E-state index contributed by atoms with van der Waals surface area (Å²) < 4.78 is 10.8. The van der Waals surface area contributed by atoms with E-state index in [0.717, 1.165) is 0 Å². The van der Waals surface area contributed by atoms with Crippen molar-refractivity contribution in [3.8, 4) is 17.1 Å². The number of nitrogens with zero attached hydrogens (tertiary/aromatic N) is 2. The molecule has 3 rings (SSSR count). The summed E-state index contributed by atoms with van der Waals surface area (Å²) in [6.07, 6.45) is 1.28. The van der Waals surface area contributed by atoms with E-state index < -0.39 is 10.8 Å². The van der Waals surface area contributed by atoms with E-state index >= 15 is 0 Å². The molecule has 0 spiro atoms. The fourth-order valence-corrected chi connectivity index (χ4v) is 2.68. The third-order valence-corrected chi connectivity index (χ3v) is 4.16. The van der Waals surface area contributed by atoms with Crippen molar-refractivity contribution < 1.29 is 18.9 Å². The molecule has 0 atom stereocenters. The molecule has 1 N–H and O–H groups in total. The zero-order valence-electron chi connectivity index (χ0n) is 14.7. The number of carbonyl (C=O) groups is 1. The quantitative estimate of drug-likeness (QED) is 0.330. The summed E-state index contributed by atoms with van der Waals surface area (Å²) in [6, 6.07) is 13.9. The molecule has 2 aromatic carbocycles. The summed E-state index contributed by atoms with van der Waals surface area (Å²) in [7, 11) is 0. The number of furan rings is 1. The predicted octanol–water partition coefficient (Wildman–Crippen LogP) is 4.69. The summed E-state index contributed by atoms with van der Waals surface area (Å²) in [5.41, 5.74) is 2.56. The van der Waals surface area contributed by atoms with Crippen molar-refractivity contribution in [2.45, 2.75) is 0 Å². The lowest BCUT2D eigenvalue weighted by molar-refractivity contribution is -0.384. The van der Waals surface area contributed by atoms with Gasteiger partial charge in [0, 0.05) is 22.7 Å². The molecule has 10 heteroatoms. The fraction of sp³-hybridized carbons (Fsp3) is 0.0526. The number of amides is 1. The number of halogens is 2. The molecule has 0 aliphatic heterocycles. The molecule has 0 unspecified atom stereocenters. The first-order valence-electron chi connectivity index (χ1n) is 8.17. The van der Waals surface area contributed by atoms with Crippen LogP contribution in [0.3, 0.4) is 0 Å². The van der Waals surface area contributed by atoms with Gasteiger partial charge in [-0.1, -0.05) is 29.3 Å². The number of carbonyl (C=O) groups excluding carboxylic acids is 1. The SMILES string of the molecule is O=C(COc1cccc(Cl)c1)N/N=C\c1ccc(-c2cc([N+](=O)[O-])ccc2Cl)o1. The molecule has 0 saturated carbocycles. The molecular weight excluding hydrogens is 421 g/mol. The molecule has 0 radical (unpaired) electrons. The second-order valence-corrected chi connectivity index (χ2v) is 6.51. The van der Waals surface area contributed by atoms with Crippen molar-refractivity contribution >= 4 is 41.0 Å². The number of nitro benzene ring substituents is 1. The van der Waals surface area contributed by atoms with Crippen LogP contribution in [0.2, 0.25) is 10.0 Å². The third kappa shape index (κ3) is 5.56. The van der Waals surface area contributed by atoms with Gasteiger partial charge in [0.15, 0.2) is 6.61 Å². The van der Waals surface area contributed by atoms with Crippen LogP contribution in [-0.4, -0.2) is 23.7 Å². The highest BCUT2D eigenvalue weighted by molar-refractivity contribution is 6.33. The predicted molar refractivity (Wildman–Crippen MR) is 108 cm³/mol. The normalized spacial score (nSPS) is 10.8. The van der Waals surface area contributed by atoms with Crippen molar-refractivity contribution in [2.75, 3.05) is 6.61 Å². The van der Waals surface area contributed by atoms with Crippen molar-refractivity contribution in [1.29, 1.82) is 0 Å². The molecule has 0 aliphatic rings. The van der Waals surface area contributed by atoms with Crippen LogP contribution in [0, 0.1) is 10.1 Å². The first-order valence-corrected chi connectivity index (χ1v) is 8.92. The van der Waals surface area contributed by atoms with Crippen molar-refractivity contribution in [1.82, 2.24) is 5.43 Å². The minimum absolute atomic E-state index is 0.108. The first-order chi connectivity index (χ1) is 13.9. The lowest BCUT2D eigenvalue weighted by Gasteiger charge is -2.04. The number of benzene rings is 2. The van der Waals surface area contributed by atoms with E-state index in [1.165, 1.54) is 24.4 Å². The van der Waals surface area contributed by atoms with Gasteiger partial charge in [0.2, 0.25) is 0 Å². The minimum Gasteiger partial charge on any atom is -0.484 e. The number of rotatable bonds is 7. The van der Waals surface area contributed by atoms with Gasteiger partial charge in [-0.2, -0.15) is 5.10 Å². The van der Waals surface area contributed by atoms with Crippen LogP contribution in [-0.2, 0) is 4.79 Å². The maximum Gasteiger partial charge on any atom is 0.277 e. The maximum atomic E-state index is 11.8. The topological polar surface area (TPSA) is 107 Å². The molecule has 1 amide bonds. The van der Waals surface area contributed by atoms with Crippen LogP contribution < -0.4 is 10.2 Å². The monoisotopic (exact) mass is 433 g/mol. The average molecular weight is 434 g/mol. The van der Waals surface area contributed by atoms with E-state index in [1.54, 1.807) is 36.4 Å². The molecule has 0 bridgehead atoms. The van der Waals surface area contributed by atoms with E-state index in [0.29, 0.717) is 32.9 Å². The van der Waals surface area contributed by atoms with Crippen LogP contribution >= 0.6 is 23.2 Å². The number of nitrogens with one attached hydrogen (secondary N) is 1. The van der Waals surface area contributed by atoms with E-state index in [4.69, 9.17) is 32.4 Å². The Morgan fingerprint density at radius 2 is 2.03 bits per heavy atom. The number of hydrogen-bond acceptors (Lipinski definition) is 6. The summed E-state index contributed by atoms with van der Waals surface area (Å²) in [5, 5.41) is 15.5. The molecule has 29 heavy (non-hydrogen) atoms. The molecule has 0 saturated heterocycles. The minimum atomic E-state index is -0.522. The highest BCUT2D eigenvalue weighted by Crippen LogP contribution is 2.32.